The van der Waals surface area contributed by atoms with E-state index in [1.54, 1.807) is 24.4 Å². The molecule has 0 atom stereocenters. The molecule has 0 bridgehead atoms. The van der Waals surface area contributed by atoms with E-state index in [2.05, 4.69) is 20.5 Å². The van der Waals surface area contributed by atoms with E-state index in [0.717, 1.165) is 5.39 Å². The molecule has 0 saturated heterocycles. The third kappa shape index (κ3) is 2.15. The summed E-state index contributed by atoms with van der Waals surface area (Å²) in [6.45, 7) is 0. The monoisotopic (exact) mass is 272 g/mol. The number of pyridine rings is 1. The molecule has 0 aliphatic heterocycles. The Bertz CT molecular complexity index is 739. The largest absolute Gasteiger partial charge is 0.320 e. The van der Waals surface area contributed by atoms with Gasteiger partial charge in [-0.25, -0.2) is 0 Å². The van der Waals surface area contributed by atoms with Crippen molar-refractivity contribution in [3.63, 3.8) is 0 Å². The first-order chi connectivity index (χ1) is 9.25. The SMILES string of the molecule is O=C(Nc1ccc(Cl)c2cccnc12)c1cn[nH]c1. The number of hydrogen-bond donors (Lipinski definition) is 2. The van der Waals surface area contributed by atoms with Crippen molar-refractivity contribution in [1.29, 1.82) is 0 Å². The number of fused-ring (bicyclic) bond motifs is 1. The molecule has 19 heavy (non-hydrogen) atoms. The van der Waals surface area contributed by atoms with Crippen molar-refractivity contribution < 1.29 is 4.79 Å². The maximum Gasteiger partial charge on any atom is 0.258 e. The fourth-order valence-electron chi connectivity index (χ4n) is 1.81. The quantitative estimate of drug-likeness (QED) is 0.753. The van der Waals surface area contributed by atoms with E-state index in [0.29, 0.717) is 21.8 Å². The molecule has 2 N–H and O–H groups in total. The summed E-state index contributed by atoms with van der Waals surface area (Å²) >= 11 is 6.10. The van der Waals surface area contributed by atoms with Gasteiger partial charge in [0.1, 0.15) is 0 Å². The van der Waals surface area contributed by atoms with E-state index in [1.807, 2.05) is 6.07 Å². The van der Waals surface area contributed by atoms with Gasteiger partial charge in [-0.1, -0.05) is 11.6 Å². The predicted octanol–water partition coefficient (Wildman–Crippen LogP) is 2.86. The van der Waals surface area contributed by atoms with Crippen molar-refractivity contribution in [3.05, 3.63) is 53.4 Å². The second-order valence-electron chi connectivity index (χ2n) is 3.94. The van der Waals surface area contributed by atoms with Crippen molar-refractivity contribution in [1.82, 2.24) is 15.2 Å². The standard InChI is InChI=1S/C13H9ClN4O/c14-10-3-4-11(12-9(10)2-1-5-15-12)18-13(19)8-6-16-17-7-8/h1-7H,(H,16,17)(H,18,19). The number of hydrogen-bond acceptors (Lipinski definition) is 3. The van der Waals surface area contributed by atoms with Crippen LogP contribution in [0, 0.1) is 0 Å². The highest BCUT2D eigenvalue weighted by molar-refractivity contribution is 6.36. The zero-order valence-electron chi connectivity index (χ0n) is 9.72. The molecule has 5 nitrogen and oxygen atoms in total. The van der Waals surface area contributed by atoms with Crippen molar-refractivity contribution in [2.24, 2.45) is 0 Å². The summed E-state index contributed by atoms with van der Waals surface area (Å²) in [7, 11) is 0. The van der Waals surface area contributed by atoms with Crippen LogP contribution in [0.5, 0.6) is 0 Å². The number of H-pyrrole nitrogens is 1. The molecule has 6 heteroatoms. The Balaban J connectivity index is 2.02. The van der Waals surface area contributed by atoms with Crippen molar-refractivity contribution in [3.8, 4) is 0 Å². The third-order valence-corrected chi connectivity index (χ3v) is 3.05. The van der Waals surface area contributed by atoms with Crippen molar-refractivity contribution >= 4 is 34.1 Å². The molecular weight excluding hydrogens is 264 g/mol. The van der Waals surface area contributed by atoms with Crippen LogP contribution in [0.25, 0.3) is 10.9 Å². The highest BCUT2D eigenvalue weighted by atomic mass is 35.5. The van der Waals surface area contributed by atoms with Gasteiger partial charge in [0, 0.05) is 17.8 Å². The lowest BCUT2D eigenvalue weighted by Gasteiger charge is -2.08. The molecule has 3 aromatic rings. The minimum atomic E-state index is -0.247. The number of rotatable bonds is 2. The number of aromatic nitrogens is 3. The van der Waals surface area contributed by atoms with E-state index in [-0.39, 0.29) is 5.91 Å². The minimum Gasteiger partial charge on any atom is -0.320 e. The van der Waals surface area contributed by atoms with Gasteiger partial charge in [0.2, 0.25) is 0 Å². The van der Waals surface area contributed by atoms with Crippen LogP contribution in [0.3, 0.4) is 0 Å². The lowest BCUT2D eigenvalue weighted by Crippen LogP contribution is -2.11. The Morgan fingerprint density at radius 2 is 2.21 bits per heavy atom. The van der Waals surface area contributed by atoms with Crippen molar-refractivity contribution in [2.45, 2.75) is 0 Å². The van der Waals surface area contributed by atoms with Gasteiger partial charge in [-0.2, -0.15) is 5.10 Å². The molecule has 1 amide bonds. The van der Waals surface area contributed by atoms with Crippen LogP contribution >= 0.6 is 11.6 Å². The van der Waals surface area contributed by atoms with E-state index in [9.17, 15) is 4.79 Å². The number of carbonyl (C=O) groups excluding carboxylic acids is 1. The first kappa shape index (κ1) is 11.7. The Morgan fingerprint density at radius 3 is 3.00 bits per heavy atom. The van der Waals surface area contributed by atoms with Crippen LogP contribution < -0.4 is 5.32 Å². The summed E-state index contributed by atoms with van der Waals surface area (Å²) in [5, 5.41) is 10.5. The van der Waals surface area contributed by atoms with Gasteiger partial charge in [0.15, 0.2) is 0 Å². The molecule has 94 valence electrons. The molecular formula is C13H9ClN4O. The van der Waals surface area contributed by atoms with Gasteiger partial charge in [0.05, 0.1) is 28.0 Å². The molecule has 0 fully saturated rings. The second kappa shape index (κ2) is 4.70. The summed E-state index contributed by atoms with van der Waals surface area (Å²) in [6.07, 6.45) is 4.65. The predicted molar refractivity (Wildman–Crippen MR) is 73.3 cm³/mol. The molecule has 2 heterocycles. The average molecular weight is 273 g/mol. The van der Waals surface area contributed by atoms with Crippen LogP contribution in [0.2, 0.25) is 5.02 Å². The topological polar surface area (TPSA) is 70.7 Å². The number of amides is 1. The van der Waals surface area contributed by atoms with Gasteiger partial charge in [-0.05, 0) is 24.3 Å². The minimum absolute atomic E-state index is 0.247. The summed E-state index contributed by atoms with van der Waals surface area (Å²) in [5.41, 5.74) is 1.73. The van der Waals surface area contributed by atoms with Gasteiger partial charge in [0.25, 0.3) is 5.91 Å². The zero-order chi connectivity index (χ0) is 13.2. The molecule has 0 saturated carbocycles. The normalized spacial score (nSPS) is 10.6. The highest BCUT2D eigenvalue weighted by Gasteiger charge is 2.11. The fraction of sp³-hybridized carbons (Fsp3) is 0. The molecule has 0 unspecified atom stereocenters. The first-order valence-electron chi connectivity index (χ1n) is 5.59. The molecule has 2 aromatic heterocycles. The van der Waals surface area contributed by atoms with Crippen LogP contribution in [-0.4, -0.2) is 21.1 Å². The average Bonchev–Trinajstić information content (AvgIpc) is 2.96. The van der Waals surface area contributed by atoms with Gasteiger partial charge >= 0.3 is 0 Å². The Kier molecular flexibility index (Phi) is 2.89. The summed E-state index contributed by atoms with van der Waals surface area (Å²) in [6, 6.07) is 7.13. The molecule has 0 aliphatic rings. The number of nitrogens with zero attached hydrogens (tertiary/aromatic N) is 2. The maximum atomic E-state index is 12.0. The number of anilines is 1. The Morgan fingerprint density at radius 1 is 1.32 bits per heavy atom. The number of nitrogens with one attached hydrogen (secondary N) is 2. The van der Waals surface area contributed by atoms with Gasteiger partial charge in [-0.15, -0.1) is 0 Å². The van der Waals surface area contributed by atoms with Gasteiger partial charge < -0.3 is 5.32 Å². The van der Waals surface area contributed by atoms with Crippen LogP contribution in [-0.2, 0) is 0 Å². The molecule has 0 spiro atoms. The van der Waals surface area contributed by atoms with Crippen LogP contribution in [0.15, 0.2) is 42.9 Å². The zero-order valence-corrected chi connectivity index (χ0v) is 10.5. The van der Waals surface area contributed by atoms with E-state index in [4.69, 9.17) is 11.6 Å². The number of halogens is 1. The summed E-state index contributed by atoms with van der Waals surface area (Å²) in [4.78, 5) is 16.2. The highest BCUT2D eigenvalue weighted by Crippen LogP contribution is 2.28. The van der Waals surface area contributed by atoms with Crippen molar-refractivity contribution in [2.75, 3.05) is 5.32 Å². The fourth-order valence-corrected chi connectivity index (χ4v) is 2.02. The van der Waals surface area contributed by atoms with E-state index >= 15 is 0 Å². The Labute approximate surface area is 113 Å². The maximum absolute atomic E-state index is 12.0. The summed E-state index contributed by atoms with van der Waals surface area (Å²) in [5.74, 6) is -0.247. The molecule has 0 radical (unpaired) electrons. The third-order valence-electron chi connectivity index (χ3n) is 2.73. The first-order valence-corrected chi connectivity index (χ1v) is 5.97. The number of carbonyl (C=O) groups is 1. The van der Waals surface area contributed by atoms with Crippen LogP contribution in [0.4, 0.5) is 5.69 Å². The lowest BCUT2D eigenvalue weighted by atomic mass is 10.2. The Hall–Kier alpha value is -2.40. The van der Waals surface area contributed by atoms with E-state index in [1.165, 1.54) is 12.4 Å². The smallest absolute Gasteiger partial charge is 0.258 e. The molecule has 3 rings (SSSR count). The number of aromatic amines is 1. The summed E-state index contributed by atoms with van der Waals surface area (Å²) < 4.78 is 0. The molecule has 1 aromatic carbocycles. The lowest BCUT2D eigenvalue weighted by molar-refractivity contribution is 0.102. The molecule has 0 aliphatic carbocycles. The number of benzene rings is 1. The van der Waals surface area contributed by atoms with E-state index < -0.39 is 0 Å². The van der Waals surface area contributed by atoms with Gasteiger partial charge in [-0.3, -0.25) is 14.9 Å². The van der Waals surface area contributed by atoms with Crippen LogP contribution in [0.1, 0.15) is 10.4 Å². The second-order valence-corrected chi connectivity index (χ2v) is 4.34.